The van der Waals surface area contributed by atoms with Crippen LogP contribution in [-0.4, -0.2) is 0 Å². The highest BCUT2D eigenvalue weighted by Gasteiger charge is 2.19. The molecule has 0 aromatic heterocycles. The minimum Gasteiger partial charge on any atom is -0.323 e. The molecule has 0 amide bonds. The highest BCUT2D eigenvalue weighted by molar-refractivity contribution is 5.30. The fourth-order valence-corrected chi connectivity index (χ4v) is 2.65. The lowest BCUT2D eigenvalue weighted by atomic mass is 9.85. The standard InChI is InChI=1S/C18H23N/c1-3-14-9-8-12-16(13-14)18(19)17(4-2)15-10-6-5-7-11-15/h5-13,17-18H,3-4,19H2,1-2H3. The van der Waals surface area contributed by atoms with E-state index in [1.165, 1.54) is 16.7 Å². The quantitative estimate of drug-likeness (QED) is 0.837. The maximum Gasteiger partial charge on any atom is 0.0364 e. The molecule has 2 aromatic rings. The molecule has 0 heterocycles. The zero-order chi connectivity index (χ0) is 13.7. The summed E-state index contributed by atoms with van der Waals surface area (Å²) in [6.45, 7) is 4.39. The van der Waals surface area contributed by atoms with E-state index in [0.29, 0.717) is 5.92 Å². The van der Waals surface area contributed by atoms with Gasteiger partial charge in [-0.1, -0.05) is 68.4 Å². The summed E-state index contributed by atoms with van der Waals surface area (Å²) < 4.78 is 0. The van der Waals surface area contributed by atoms with E-state index < -0.39 is 0 Å². The van der Waals surface area contributed by atoms with Crippen molar-refractivity contribution >= 4 is 0 Å². The van der Waals surface area contributed by atoms with Crippen molar-refractivity contribution in [3.8, 4) is 0 Å². The van der Waals surface area contributed by atoms with Gasteiger partial charge in [0.1, 0.15) is 0 Å². The van der Waals surface area contributed by atoms with Gasteiger partial charge in [-0.3, -0.25) is 0 Å². The lowest BCUT2D eigenvalue weighted by molar-refractivity contribution is 0.539. The van der Waals surface area contributed by atoms with E-state index in [-0.39, 0.29) is 6.04 Å². The molecule has 0 saturated heterocycles. The van der Waals surface area contributed by atoms with E-state index in [1.807, 2.05) is 0 Å². The van der Waals surface area contributed by atoms with Gasteiger partial charge in [0.2, 0.25) is 0 Å². The van der Waals surface area contributed by atoms with Crippen LogP contribution in [0.5, 0.6) is 0 Å². The van der Waals surface area contributed by atoms with Gasteiger partial charge in [0.05, 0.1) is 0 Å². The van der Waals surface area contributed by atoms with Crippen LogP contribution >= 0.6 is 0 Å². The molecular weight excluding hydrogens is 230 g/mol. The van der Waals surface area contributed by atoms with E-state index in [0.717, 1.165) is 12.8 Å². The molecule has 2 atom stereocenters. The number of hydrogen-bond acceptors (Lipinski definition) is 1. The first-order valence-corrected chi connectivity index (χ1v) is 7.15. The van der Waals surface area contributed by atoms with E-state index in [9.17, 15) is 0 Å². The second kappa shape index (κ2) is 6.53. The zero-order valence-electron chi connectivity index (χ0n) is 11.8. The SMILES string of the molecule is CCc1cccc(C(N)C(CC)c2ccccc2)c1. The molecule has 0 fully saturated rings. The Morgan fingerprint density at radius 3 is 2.21 bits per heavy atom. The average molecular weight is 253 g/mol. The molecule has 0 aliphatic rings. The summed E-state index contributed by atoms with van der Waals surface area (Å²) in [6, 6.07) is 19.3. The molecule has 2 N–H and O–H groups in total. The van der Waals surface area contributed by atoms with E-state index in [4.69, 9.17) is 5.73 Å². The fourth-order valence-electron chi connectivity index (χ4n) is 2.65. The molecule has 0 radical (unpaired) electrons. The van der Waals surface area contributed by atoms with Crippen LogP contribution in [0.2, 0.25) is 0 Å². The van der Waals surface area contributed by atoms with Gasteiger partial charge in [0.25, 0.3) is 0 Å². The summed E-state index contributed by atoms with van der Waals surface area (Å²) in [5, 5.41) is 0. The van der Waals surface area contributed by atoms with Crippen LogP contribution in [0, 0.1) is 0 Å². The number of rotatable bonds is 5. The summed E-state index contributed by atoms with van der Waals surface area (Å²) in [5.41, 5.74) is 10.4. The Morgan fingerprint density at radius 2 is 1.58 bits per heavy atom. The van der Waals surface area contributed by atoms with Crippen molar-refractivity contribution in [1.29, 1.82) is 0 Å². The van der Waals surface area contributed by atoms with Crippen LogP contribution in [0.15, 0.2) is 54.6 Å². The lowest BCUT2D eigenvalue weighted by Gasteiger charge is -2.24. The first-order chi connectivity index (χ1) is 9.26. The highest BCUT2D eigenvalue weighted by atomic mass is 14.7. The highest BCUT2D eigenvalue weighted by Crippen LogP contribution is 2.31. The lowest BCUT2D eigenvalue weighted by Crippen LogP contribution is -2.19. The van der Waals surface area contributed by atoms with Gasteiger partial charge in [-0.2, -0.15) is 0 Å². The normalized spacial score (nSPS) is 14.1. The van der Waals surface area contributed by atoms with Crippen molar-refractivity contribution in [2.75, 3.05) is 0 Å². The molecule has 0 aliphatic heterocycles. The second-order valence-electron chi connectivity index (χ2n) is 5.05. The van der Waals surface area contributed by atoms with Gasteiger partial charge < -0.3 is 5.73 Å². The Labute approximate surface area is 116 Å². The van der Waals surface area contributed by atoms with Crippen molar-refractivity contribution < 1.29 is 0 Å². The van der Waals surface area contributed by atoms with Crippen molar-refractivity contribution in [3.05, 3.63) is 71.3 Å². The Bertz CT molecular complexity index is 504. The van der Waals surface area contributed by atoms with Crippen molar-refractivity contribution in [3.63, 3.8) is 0 Å². The molecule has 2 unspecified atom stereocenters. The molecule has 1 heteroatoms. The smallest absolute Gasteiger partial charge is 0.0364 e. The maximum atomic E-state index is 6.51. The van der Waals surface area contributed by atoms with Crippen molar-refractivity contribution in [2.45, 2.75) is 38.6 Å². The van der Waals surface area contributed by atoms with Crippen molar-refractivity contribution in [2.24, 2.45) is 5.73 Å². The van der Waals surface area contributed by atoms with Gasteiger partial charge in [0.15, 0.2) is 0 Å². The molecule has 0 spiro atoms. The summed E-state index contributed by atoms with van der Waals surface area (Å²) in [5.74, 6) is 0.383. The van der Waals surface area contributed by atoms with Crippen LogP contribution in [0.1, 0.15) is 48.9 Å². The number of hydrogen-bond donors (Lipinski definition) is 1. The van der Waals surface area contributed by atoms with Gasteiger partial charge in [-0.25, -0.2) is 0 Å². The van der Waals surface area contributed by atoms with E-state index >= 15 is 0 Å². The van der Waals surface area contributed by atoms with Crippen LogP contribution in [0.25, 0.3) is 0 Å². The third-order valence-electron chi connectivity index (χ3n) is 3.85. The Morgan fingerprint density at radius 1 is 0.895 bits per heavy atom. The molecule has 100 valence electrons. The molecular formula is C18H23N. The van der Waals surface area contributed by atoms with Gasteiger partial charge in [-0.15, -0.1) is 0 Å². The third kappa shape index (κ3) is 3.24. The number of aryl methyl sites for hydroxylation is 1. The predicted octanol–water partition coefficient (Wildman–Crippen LogP) is 4.44. The molecule has 2 rings (SSSR count). The Kier molecular flexibility index (Phi) is 4.75. The second-order valence-corrected chi connectivity index (χ2v) is 5.05. The first-order valence-electron chi connectivity index (χ1n) is 7.15. The first kappa shape index (κ1) is 13.8. The average Bonchev–Trinajstić information content (AvgIpc) is 2.49. The summed E-state index contributed by atoms with van der Waals surface area (Å²) in [6.07, 6.45) is 2.12. The van der Waals surface area contributed by atoms with Crippen LogP contribution in [0.3, 0.4) is 0 Å². The molecule has 0 aliphatic carbocycles. The maximum absolute atomic E-state index is 6.51. The topological polar surface area (TPSA) is 26.0 Å². The van der Waals surface area contributed by atoms with Gasteiger partial charge >= 0.3 is 0 Å². The molecule has 19 heavy (non-hydrogen) atoms. The molecule has 0 bridgehead atoms. The number of nitrogens with two attached hydrogens (primary N) is 1. The molecule has 0 saturated carbocycles. The molecule has 1 nitrogen and oxygen atoms in total. The van der Waals surface area contributed by atoms with Crippen LogP contribution in [-0.2, 0) is 6.42 Å². The largest absolute Gasteiger partial charge is 0.323 e. The summed E-state index contributed by atoms with van der Waals surface area (Å²) in [7, 11) is 0. The monoisotopic (exact) mass is 253 g/mol. The Balaban J connectivity index is 2.27. The fraction of sp³-hybridized carbons (Fsp3) is 0.333. The Hall–Kier alpha value is -1.60. The minimum absolute atomic E-state index is 0.0684. The summed E-state index contributed by atoms with van der Waals surface area (Å²) in [4.78, 5) is 0. The van der Waals surface area contributed by atoms with Gasteiger partial charge in [0, 0.05) is 12.0 Å². The number of benzene rings is 2. The minimum atomic E-state index is 0.0684. The van der Waals surface area contributed by atoms with Crippen LogP contribution in [0.4, 0.5) is 0 Å². The summed E-state index contributed by atoms with van der Waals surface area (Å²) >= 11 is 0. The van der Waals surface area contributed by atoms with E-state index in [2.05, 4.69) is 68.4 Å². The van der Waals surface area contributed by atoms with Crippen LogP contribution < -0.4 is 5.73 Å². The van der Waals surface area contributed by atoms with Crippen molar-refractivity contribution in [1.82, 2.24) is 0 Å². The molecule has 2 aromatic carbocycles. The zero-order valence-corrected chi connectivity index (χ0v) is 11.8. The third-order valence-corrected chi connectivity index (χ3v) is 3.85. The van der Waals surface area contributed by atoms with Gasteiger partial charge in [-0.05, 0) is 29.5 Å². The predicted molar refractivity (Wildman–Crippen MR) is 82.2 cm³/mol. The van der Waals surface area contributed by atoms with E-state index in [1.54, 1.807) is 0 Å².